The predicted molar refractivity (Wildman–Crippen MR) is 74.3 cm³/mol. The Morgan fingerprint density at radius 1 is 1.39 bits per heavy atom. The molecule has 98 valence electrons. The monoisotopic (exact) mass is 247 g/mol. The first-order valence-corrected chi connectivity index (χ1v) is 6.44. The van der Waals surface area contributed by atoms with E-state index in [1.165, 1.54) is 6.42 Å². The quantitative estimate of drug-likeness (QED) is 0.802. The van der Waals surface area contributed by atoms with Gasteiger partial charge in [0.05, 0.1) is 6.54 Å². The lowest BCUT2D eigenvalue weighted by Gasteiger charge is -2.20. The van der Waals surface area contributed by atoms with E-state index in [9.17, 15) is 4.79 Å². The summed E-state index contributed by atoms with van der Waals surface area (Å²) in [7, 11) is 0. The van der Waals surface area contributed by atoms with Gasteiger partial charge in [-0.25, -0.2) is 0 Å². The van der Waals surface area contributed by atoms with Gasteiger partial charge in [0, 0.05) is 24.0 Å². The highest BCUT2D eigenvalue weighted by atomic mass is 16.2. The Morgan fingerprint density at radius 3 is 2.61 bits per heavy atom. The Bertz CT molecular complexity index is 416. The second-order valence-corrected chi connectivity index (χ2v) is 5.29. The number of hydrogen-bond acceptors (Lipinski definition) is 3. The van der Waals surface area contributed by atoms with Gasteiger partial charge in [-0.3, -0.25) is 9.69 Å². The summed E-state index contributed by atoms with van der Waals surface area (Å²) in [5.74, 6) is 0.727. The summed E-state index contributed by atoms with van der Waals surface area (Å²) in [5.41, 5.74) is 7.11. The van der Waals surface area contributed by atoms with Gasteiger partial charge in [-0.2, -0.15) is 0 Å². The Hall–Kier alpha value is -1.55. The molecule has 1 fully saturated rings. The zero-order valence-electron chi connectivity index (χ0n) is 11.0. The fourth-order valence-electron chi connectivity index (χ4n) is 2.56. The van der Waals surface area contributed by atoms with Crippen molar-refractivity contribution < 1.29 is 4.79 Å². The lowest BCUT2D eigenvalue weighted by molar-refractivity contribution is -0.117. The summed E-state index contributed by atoms with van der Waals surface area (Å²) in [6.07, 6.45) is 1.18. The summed E-state index contributed by atoms with van der Waals surface area (Å²) in [6, 6.07) is 7.72. The van der Waals surface area contributed by atoms with Crippen LogP contribution in [0.1, 0.15) is 20.3 Å². The largest absolute Gasteiger partial charge is 0.399 e. The van der Waals surface area contributed by atoms with Gasteiger partial charge >= 0.3 is 0 Å². The number of carbonyl (C=O) groups is 1. The van der Waals surface area contributed by atoms with Crippen LogP contribution in [0.15, 0.2) is 24.3 Å². The first-order valence-electron chi connectivity index (χ1n) is 6.44. The third-order valence-corrected chi connectivity index (χ3v) is 3.45. The molecule has 3 N–H and O–H groups in total. The number of nitrogens with one attached hydrogen (secondary N) is 1. The molecular weight excluding hydrogens is 226 g/mol. The lowest BCUT2D eigenvalue weighted by atomic mass is 10.1. The van der Waals surface area contributed by atoms with Gasteiger partial charge in [-0.15, -0.1) is 0 Å². The summed E-state index contributed by atoms with van der Waals surface area (Å²) in [6.45, 7) is 5.89. The molecule has 1 saturated heterocycles. The third-order valence-electron chi connectivity index (χ3n) is 3.45. The van der Waals surface area contributed by atoms with Crippen LogP contribution in [0.2, 0.25) is 0 Å². The van der Waals surface area contributed by atoms with Crippen molar-refractivity contribution in [3.05, 3.63) is 24.3 Å². The van der Waals surface area contributed by atoms with E-state index in [1.54, 1.807) is 12.1 Å². The Kier molecular flexibility index (Phi) is 3.87. The molecule has 1 aromatic rings. The molecule has 1 heterocycles. The number of anilines is 2. The molecule has 0 bridgehead atoms. The maximum atomic E-state index is 11.9. The normalized spacial score (nSPS) is 24.1. The number of rotatable bonds is 3. The van der Waals surface area contributed by atoms with Crippen LogP contribution in [-0.4, -0.2) is 29.9 Å². The second kappa shape index (κ2) is 5.40. The highest BCUT2D eigenvalue weighted by Crippen LogP contribution is 2.21. The first kappa shape index (κ1) is 12.9. The van der Waals surface area contributed by atoms with Crippen LogP contribution in [0.4, 0.5) is 11.4 Å². The summed E-state index contributed by atoms with van der Waals surface area (Å²) in [4.78, 5) is 14.2. The molecule has 2 rings (SSSR count). The Morgan fingerprint density at radius 2 is 2.06 bits per heavy atom. The number of benzene rings is 1. The molecule has 2 atom stereocenters. The van der Waals surface area contributed by atoms with Crippen LogP contribution < -0.4 is 11.1 Å². The summed E-state index contributed by atoms with van der Waals surface area (Å²) >= 11 is 0. The predicted octanol–water partition coefficient (Wildman–Crippen LogP) is 1.94. The fraction of sp³-hybridized carbons (Fsp3) is 0.500. The topological polar surface area (TPSA) is 58.4 Å². The van der Waals surface area contributed by atoms with Crippen molar-refractivity contribution in [2.75, 3.05) is 24.1 Å². The van der Waals surface area contributed by atoms with Gasteiger partial charge in [-0.1, -0.05) is 6.92 Å². The molecule has 4 nitrogen and oxygen atoms in total. The molecule has 1 aliphatic heterocycles. The van der Waals surface area contributed by atoms with Gasteiger partial charge < -0.3 is 11.1 Å². The van der Waals surface area contributed by atoms with E-state index in [0.717, 1.165) is 12.2 Å². The van der Waals surface area contributed by atoms with E-state index in [0.29, 0.717) is 24.2 Å². The van der Waals surface area contributed by atoms with Gasteiger partial charge in [0.15, 0.2) is 0 Å². The van der Waals surface area contributed by atoms with E-state index in [4.69, 9.17) is 5.73 Å². The average molecular weight is 247 g/mol. The molecule has 1 amide bonds. The van der Waals surface area contributed by atoms with E-state index in [2.05, 4.69) is 24.1 Å². The molecule has 0 spiro atoms. The minimum atomic E-state index is 0.0423. The minimum Gasteiger partial charge on any atom is -0.399 e. The fourth-order valence-corrected chi connectivity index (χ4v) is 2.56. The highest BCUT2D eigenvalue weighted by Gasteiger charge is 2.27. The molecular formula is C14H21N3O. The maximum Gasteiger partial charge on any atom is 0.238 e. The number of hydrogen-bond donors (Lipinski definition) is 2. The van der Waals surface area contributed by atoms with Crippen LogP contribution >= 0.6 is 0 Å². The summed E-state index contributed by atoms with van der Waals surface area (Å²) in [5, 5.41) is 2.90. The van der Waals surface area contributed by atoms with Crippen molar-refractivity contribution in [1.82, 2.24) is 4.90 Å². The van der Waals surface area contributed by atoms with Gasteiger partial charge in [0.25, 0.3) is 0 Å². The minimum absolute atomic E-state index is 0.0423. The van der Waals surface area contributed by atoms with Crippen molar-refractivity contribution in [2.24, 2.45) is 5.92 Å². The van der Waals surface area contributed by atoms with Gasteiger partial charge in [0.2, 0.25) is 5.91 Å². The molecule has 18 heavy (non-hydrogen) atoms. The molecule has 1 aliphatic rings. The van der Waals surface area contributed by atoms with E-state index < -0.39 is 0 Å². The average Bonchev–Trinajstić information content (AvgIpc) is 2.61. The number of likely N-dealkylation sites (tertiary alicyclic amines) is 1. The van der Waals surface area contributed by atoms with Crippen molar-refractivity contribution in [2.45, 2.75) is 26.3 Å². The molecule has 1 aromatic carbocycles. The zero-order valence-corrected chi connectivity index (χ0v) is 11.0. The van der Waals surface area contributed by atoms with E-state index >= 15 is 0 Å². The number of carbonyl (C=O) groups excluding carboxylic acids is 1. The van der Waals surface area contributed by atoms with Crippen LogP contribution in [0.3, 0.4) is 0 Å². The number of amides is 1. The third kappa shape index (κ3) is 3.23. The first-order chi connectivity index (χ1) is 8.54. The Labute approximate surface area is 108 Å². The van der Waals surface area contributed by atoms with Crippen LogP contribution in [0.25, 0.3) is 0 Å². The smallest absolute Gasteiger partial charge is 0.238 e. The number of nitrogens with two attached hydrogens (primary N) is 1. The maximum absolute atomic E-state index is 11.9. The van der Waals surface area contributed by atoms with E-state index in [1.807, 2.05) is 12.1 Å². The molecule has 0 aromatic heterocycles. The molecule has 0 saturated carbocycles. The van der Waals surface area contributed by atoms with Crippen LogP contribution in [0.5, 0.6) is 0 Å². The second-order valence-electron chi connectivity index (χ2n) is 5.29. The zero-order chi connectivity index (χ0) is 13.1. The van der Waals surface area contributed by atoms with Gasteiger partial charge in [-0.05, 0) is 43.5 Å². The van der Waals surface area contributed by atoms with Crippen LogP contribution in [0, 0.1) is 5.92 Å². The number of nitrogens with zero attached hydrogens (tertiary/aromatic N) is 1. The standard InChI is InChI=1S/C14H21N3O/c1-10-7-11(2)17(8-10)9-14(18)16-13-5-3-12(15)4-6-13/h3-6,10-11H,7-9,15H2,1-2H3,(H,16,18). The molecule has 2 unspecified atom stereocenters. The lowest BCUT2D eigenvalue weighted by Crippen LogP contribution is -2.35. The Balaban J connectivity index is 1.87. The summed E-state index contributed by atoms with van der Waals surface area (Å²) < 4.78 is 0. The SMILES string of the molecule is CC1CC(C)N(CC(=O)Nc2ccc(N)cc2)C1. The van der Waals surface area contributed by atoms with Crippen LogP contribution in [-0.2, 0) is 4.79 Å². The van der Waals surface area contributed by atoms with Crippen molar-refractivity contribution in [3.8, 4) is 0 Å². The highest BCUT2D eigenvalue weighted by molar-refractivity contribution is 5.92. The van der Waals surface area contributed by atoms with Crippen molar-refractivity contribution >= 4 is 17.3 Å². The molecule has 0 aliphatic carbocycles. The molecule has 0 radical (unpaired) electrons. The van der Waals surface area contributed by atoms with E-state index in [-0.39, 0.29) is 5.91 Å². The van der Waals surface area contributed by atoms with Crippen molar-refractivity contribution in [3.63, 3.8) is 0 Å². The molecule has 4 heteroatoms. The van der Waals surface area contributed by atoms with Crippen molar-refractivity contribution in [1.29, 1.82) is 0 Å². The number of nitrogen functional groups attached to an aromatic ring is 1. The van der Waals surface area contributed by atoms with Gasteiger partial charge in [0.1, 0.15) is 0 Å².